The van der Waals surface area contributed by atoms with Gasteiger partial charge in [-0.05, 0) is 66.8 Å². The van der Waals surface area contributed by atoms with E-state index in [0.717, 1.165) is 35.2 Å². The average Bonchev–Trinajstić information content (AvgIpc) is 2.92. The second-order valence-electron chi connectivity index (χ2n) is 6.03. The molecule has 3 heteroatoms. The number of benzene rings is 2. The molecule has 0 spiro atoms. The molecule has 0 bridgehead atoms. The third-order valence-electron chi connectivity index (χ3n) is 4.50. The van der Waals surface area contributed by atoms with E-state index in [1.165, 1.54) is 16.7 Å². The molecule has 0 saturated carbocycles. The second kappa shape index (κ2) is 5.02. The molecular weight excluding hydrogens is 270 g/mol. The summed E-state index contributed by atoms with van der Waals surface area (Å²) in [6, 6.07) is 16.9. The Hall–Kier alpha value is -2.55. The maximum Gasteiger partial charge on any atom is 0.127 e. The van der Waals surface area contributed by atoms with E-state index < -0.39 is 0 Å². The van der Waals surface area contributed by atoms with E-state index in [1.807, 2.05) is 24.3 Å². The summed E-state index contributed by atoms with van der Waals surface area (Å²) in [6.45, 7) is 2.19. The lowest BCUT2D eigenvalue weighted by molar-refractivity contribution is 0.755. The van der Waals surface area contributed by atoms with Crippen molar-refractivity contribution in [3.05, 3.63) is 65.2 Å². The summed E-state index contributed by atoms with van der Waals surface area (Å²) in [6.07, 6.45) is 2.26. The molecule has 110 valence electrons. The van der Waals surface area contributed by atoms with Crippen molar-refractivity contribution in [2.75, 3.05) is 11.1 Å². The lowest BCUT2D eigenvalue weighted by Gasteiger charge is -2.17. The molecule has 0 saturated heterocycles. The number of anilines is 2. The van der Waals surface area contributed by atoms with Crippen molar-refractivity contribution in [3.8, 4) is 0 Å². The summed E-state index contributed by atoms with van der Waals surface area (Å²) in [5, 5.41) is 4.68. The van der Waals surface area contributed by atoms with E-state index in [4.69, 9.17) is 10.7 Å². The Morgan fingerprint density at radius 2 is 2.05 bits per heavy atom. The van der Waals surface area contributed by atoms with Gasteiger partial charge in [-0.15, -0.1) is 0 Å². The van der Waals surface area contributed by atoms with Gasteiger partial charge in [-0.2, -0.15) is 0 Å². The van der Waals surface area contributed by atoms with Gasteiger partial charge in [0.15, 0.2) is 0 Å². The first-order valence-corrected chi connectivity index (χ1v) is 7.72. The number of hydrogen-bond acceptors (Lipinski definition) is 3. The van der Waals surface area contributed by atoms with Gasteiger partial charge < -0.3 is 11.1 Å². The number of hydrogen-bond donors (Lipinski definition) is 2. The van der Waals surface area contributed by atoms with E-state index in [9.17, 15) is 0 Å². The van der Waals surface area contributed by atoms with Crippen molar-refractivity contribution in [2.24, 2.45) is 0 Å². The summed E-state index contributed by atoms with van der Waals surface area (Å²) < 4.78 is 0. The molecule has 0 aliphatic heterocycles. The summed E-state index contributed by atoms with van der Waals surface area (Å²) in [4.78, 5) is 4.72. The molecule has 22 heavy (non-hydrogen) atoms. The summed E-state index contributed by atoms with van der Waals surface area (Å²) in [7, 11) is 0. The van der Waals surface area contributed by atoms with Crippen LogP contribution in [0.5, 0.6) is 0 Å². The Kier molecular flexibility index (Phi) is 3.00. The number of nitrogens with zero attached hydrogens (tertiary/aromatic N) is 1. The lowest BCUT2D eigenvalue weighted by atomic mass is 10.0. The van der Waals surface area contributed by atoms with Crippen LogP contribution in [0.2, 0.25) is 0 Å². The smallest absolute Gasteiger partial charge is 0.127 e. The zero-order chi connectivity index (χ0) is 15.1. The number of aryl methyl sites for hydroxylation is 2. The Bertz CT molecular complexity index is 854. The van der Waals surface area contributed by atoms with Gasteiger partial charge in [-0.3, -0.25) is 0 Å². The van der Waals surface area contributed by atoms with Crippen LogP contribution in [0.15, 0.2) is 48.5 Å². The molecule has 1 aromatic heterocycles. The Morgan fingerprint density at radius 3 is 2.95 bits per heavy atom. The molecule has 3 nitrogen and oxygen atoms in total. The molecule has 0 radical (unpaired) electrons. The molecule has 3 aromatic rings. The molecule has 0 amide bonds. The van der Waals surface area contributed by atoms with Crippen LogP contribution in [0.4, 0.5) is 11.5 Å². The Morgan fingerprint density at radius 1 is 1.14 bits per heavy atom. The SMILES string of the molecule is Cc1cccc2c1[C@@H](Nc1ccc3cc(N)ccc3n1)CC2. The van der Waals surface area contributed by atoms with Crippen molar-refractivity contribution < 1.29 is 0 Å². The van der Waals surface area contributed by atoms with Gasteiger partial charge in [0.05, 0.1) is 11.6 Å². The van der Waals surface area contributed by atoms with E-state index >= 15 is 0 Å². The number of nitrogen functional groups attached to an aromatic ring is 1. The minimum absolute atomic E-state index is 0.356. The van der Waals surface area contributed by atoms with Crippen LogP contribution in [0, 0.1) is 6.92 Å². The van der Waals surface area contributed by atoms with Gasteiger partial charge in [-0.1, -0.05) is 18.2 Å². The number of nitrogens with two attached hydrogens (primary N) is 1. The fourth-order valence-electron chi connectivity index (χ4n) is 3.45. The second-order valence-corrected chi connectivity index (χ2v) is 6.03. The summed E-state index contributed by atoms with van der Waals surface area (Å²) in [5.74, 6) is 0.929. The van der Waals surface area contributed by atoms with Crippen molar-refractivity contribution in [2.45, 2.75) is 25.8 Å². The van der Waals surface area contributed by atoms with E-state index in [-0.39, 0.29) is 0 Å². The van der Waals surface area contributed by atoms with Crippen molar-refractivity contribution in [1.29, 1.82) is 0 Å². The van der Waals surface area contributed by atoms with Crippen LogP contribution < -0.4 is 11.1 Å². The minimum Gasteiger partial charge on any atom is -0.399 e. The van der Waals surface area contributed by atoms with E-state index in [0.29, 0.717) is 6.04 Å². The number of pyridine rings is 1. The van der Waals surface area contributed by atoms with Crippen molar-refractivity contribution >= 4 is 22.4 Å². The monoisotopic (exact) mass is 289 g/mol. The molecule has 1 aliphatic carbocycles. The van der Waals surface area contributed by atoms with Crippen LogP contribution in [-0.4, -0.2) is 4.98 Å². The van der Waals surface area contributed by atoms with Gasteiger partial charge in [0, 0.05) is 11.1 Å². The number of fused-ring (bicyclic) bond motifs is 2. The van der Waals surface area contributed by atoms with Gasteiger partial charge in [-0.25, -0.2) is 4.98 Å². The summed E-state index contributed by atoms with van der Waals surface area (Å²) in [5.41, 5.74) is 11.8. The number of rotatable bonds is 2. The van der Waals surface area contributed by atoms with Crippen molar-refractivity contribution in [1.82, 2.24) is 4.98 Å². The van der Waals surface area contributed by atoms with Gasteiger partial charge >= 0.3 is 0 Å². The molecule has 1 aliphatic rings. The highest BCUT2D eigenvalue weighted by molar-refractivity contribution is 5.83. The van der Waals surface area contributed by atoms with Crippen LogP contribution in [0.3, 0.4) is 0 Å². The van der Waals surface area contributed by atoms with Crippen molar-refractivity contribution in [3.63, 3.8) is 0 Å². The molecule has 2 aromatic carbocycles. The zero-order valence-corrected chi connectivity index (χ0v) is 12.6. The van der Waals surface area contributed by atoms with Gasteiger partial charge in [0.1, 0.15) is 5.82 Å². The highest BCUT2D eigenvalue weighted by Gasteiger charge is 2.24. The van der Waals surface area contributed by atoms with E-state index in [1.54, 1.807) is 0 Å². The highest BCUT2D eigenvalue weighted by atomic mass is 15.0. The number of aromatic nitrogens is 1. The van der Waals surface area contributed by atoms with Crippen LogP contribution in [0.25, 0.3) is 10.9 Å². The van der Waals surface area contributed by atoms with Gasteiger partial charge in [0.2, 0.25) is 0 Å². The molecule has 1 atom stereocenters. The first kappa shape index (κ1) is 13.1. The molecule has 0 unspecified atom stereocenters. The Labute approximate surface area is 130 Å². The normalized spacial score (nSPS) is 16.7. The molecule has 1 heterocycles. The fraction of sp³-hybridized carbons (Fsp3) is 0.211. The average molecular weight is 289 g/mol. The lowest BCUT2D eigenvalue weighted by Crippen LogP contribution is -2.09. The minimum atomic E-state index is 0.356. The van der Waals surface area contributed by atoms with E-state index in [2.05, 4.69) is 36.5 Å². The predicted octanol–water partition coefficient (Wildman–Crippen LogP) is 4.22. The fourth-order valence-corrected chi connectivity index (χ4v) is 3.45. The quantitative estimate of drug-likeness (QED) is 0.694. The third kappa shape index (κ3) is 2.19. The van der Waals surface area contributed by atoms with Gasteiger partial charge in [0.25, 0.3) is 0 Å². The maximum atomic E-state index is 5.82. The largest absolute Gasteiger partial charge is 0.399 e. The first-order chi connectivity index (χ1) is 10.7. The number of nitrogens with one attached hydrogen (secondary N) is 1. The van der Waals surface area contributed by atoms with Crippen LogP contribution in [0.1, 0.15) is 29.2 Å². The zero-order valence-electron chi connectivity index (χ0n) is 12.6. The molecule has 3 N–H and O–H groups in total. The molecular formula is C19H19N3. The predicted molar refractivity (Wildman–Crippen MR) is 92.0 cm³/mol. The molecule has 4 rings (SSSR count). The van der Waals surface area contributed by atoms with Crippen LogP contribution in [-0.2, 0) is 6.42 Å². The topological polar surface area (TPSA) is 50.9 Å². The maximum absolute atomic E-state index is 5.82. The first-order valence-electron chi connectivity index (χ1n) is 7.72. The Balaban J connectivity index is 1.67. The third-order valence-corrected chi connectivity index (χ3v) is 4.50. The standard InChI is InChI=1S/C19H19N3/c1-12-3-2-4-13-5-8-17(19(12)13)22-18-10-6-14-11-15(20)7-9-16(14)21-18/h2-4,6-7,9-11,17H,5,8,20H2,1H3,(H,21,22)/t17-/m0/s1. The highest BCUT2D eigenvalue weighted by Crippen LogP contribution is 2.35. The van der Waals surface area contributed by atoms with Crippen LogP contribution >= 0.6 is 0 Å². The molecule has 0 fully saturated rings. The summed E-state index contributed by atoms with van der Waals surface area (Å²) >= 11 is 0.